The van der Waals surface area contributed by atoms with Gasteiger partial charge in [0.1, 0.15) is 11.3 Å². The van der Waals surface area contributed by atoms with Gasteiger partial charge in [0.05, 0.1) is 36.0 Å². The minimum atomic E-state index is 0.548. The van der Waals surface area contributed by atoms with Crippen molar-refractivity contribution >= 4 is 5.65 Å². The molecule has 5 aromatic rings. The summed E-state index contributed by atoms with van der Waals surface area (Å²) in [6.07, 6.45) is 15.8. The molecular weight excluding hydrogens is 476 g/mol. The van der Waals surface area contributed by atoms with E-state index in [1.807, 2.05) is 40.8 Å². The SMILES string of the molecule is Cc1ccn(-c2cncc(-c3cn(Cc4cn5cc(CNCC6CC7CCN6CC7)ccc5n4)nn3)c2)n1. The zero-order chi connectivity index (χ0) is 25.5. The van der Waals surface area contributed by atoms with Gasteiger partial charge in [-0.05, 0) is 69.0 Å². The maximum absolute atomic E-state index is 4.79. The van der Waals surface area contributed by atoms with E-state index in [2.05, 4.69) is 59.5 Å². The summed E-state index contributed by atoms with van der Waals surface area (Å²) in [5, 5.41) is 16.9. The Morgan fingerprint density at radius 3 is 2.79 bits per heavy atom. The summed E-state index contributed by atoms with van der Waals surface area (Å²) in [6, 6.07) is 8.95. The van der Waals surface area contributed by atoms with Gasteiger partial charge in [0.15, 0.2) is 0 Å². The van der Waals surface area contributed by atoms with Crippen molar-refractivity contribution < 1.29 is 0 Å². The van der Waals surface area contributed by atoms with E-state index in [9.17, 15) is 0 Å². The van der Waals surface area contributed by atoms with Crippen LogP contribution < -0.4 is 5.32 Å². The molecule has 3 aliphatic rings. The minimum absolute atomic E-state index is 0.548. The Morgan fingerprint density at radius 2 is 1.97 bits per heavy atom. The smallest absolute Gasteiger partial charge is 0.137 e. The maximum atomic E-state index is 4.79. The Balaban J connectivity index is 1.00. The van der Waals surface area contributed by atoms with Crippen molar-refractivity contribution in [3.05, 3.63) is 78.4 Å². The van der Waals surface area contributed by atoms with Crippen LogP contribution in [0.5, 0.6) is 0 Å². The van der Waals surface area contributed by atoms with Gasteiger partial charge in [0, 0.05) is 49.5 Å². The first-order valence-electron chi connectivity index (χ1n) is 13.5. The normalized spacial score (nSPS) is 20.9. The van der Waals surface area contributed by atoms with E-state index in [0.29, 0.717) is 12.6 Å². The summed E-state index contributed by atoms with van der Waals surface area (Å²) < 4.78 is 5.74. The molecule has 0 amide bonds. The average molecular weight is 509 g/mol. The van der Waals surface area contributed by atoms with E-state index in [1.54, 1.807) is 12.4 Å². The molecule has 194 valence electrons. The lowest BCUT2D eigenvalue weighted by Crippen LogP contribution is -2.52. The molecule has 0 spiro atoms. The van der Waals surface area contributed by atoms with Gasteiger partial charge in [-0.15, -0.1) is 5.10 Å². The molecule has 10 heteroatoms. The van der Waals surface area contributed by atoms with Crippen molar-refractivity contribution in [1.82, 2.24) is 49.4 Å². The second-order valence-electron chi connectivity index (χ2n) is 10.7. The van der Waals surface area contributed by atoms with Gasteiger partial charge in [-0.25, -0.2) is 14.3 Å². The van der Waals surface area contributed by atoms with Crippen LogP contribution in [0.4, 0.5) is 0 Å². The number of nitrogens with one attached hydrogen (secondary N) is 1. The lowest BCUT2D eigenvalue weighted by molar-refractivity contribution is 0.0495. The highest BCUT2D eigenvalue weighted by Gasteiger charge is 2.32. The molecule has 1 atom stereocenters. The molecule has 8 heterocycles. The number of hydrogen-bond acceptors (Lipinski definition) is 7. The van der Waals surface area contributed by atoms with Gasteiger partial charge < -0.3 is 9.72 Å². The number of imidazole rings is 1. The average Bonchev–Trinajstić information content (AvgIpc) is 3.69. The summed E-state index contributed by atoms with van der Waals surface area (Å²) >= 11 is 0. The van der Waals surface area contributed by atoms with Crippen molar-refractivity contribution in [2.24, 2.45) is 5.92 Å². The zero-order valence-electron chi connectivity index (χ0n) is 21.6. The number of rotatable bonds is 8. The summed E-state index contributed by atoms with van der Waals surface area (Å²) in [4.78, 5) is 11.8. The first-order chi connectivity index (χ1) is 18.7. The number of piperidine rings is 3. The second kappa shape index (κ2) is 9.77. The number of fused-ring (bicyclic) bond motifs is 4. The first-order valence-corrected chi connectivity index (χ1v) is 13.5. The molecule has 3 saturated heterocycles. The van der Waals surface area contributed by atoms with Crippen molar-refractivity contribution in [1.29, 1.82) is 0 Å². The van der Waals surface area contributed by atoms with Gasteiger partial charge in [0.2, 0.25) is 0 Å². The fourth-order valence-electron chi connectivity index (χ4n) is 5.88. The Kier molecular flexibility index (Phi) is 5.98. The van der Waals surface area contributed by atoms with Crippen molar-refractivity contribution in [2.45, 2.75) is 45.3 Å². The fraction of sp³-hybridized carbons (Fsp3) is 0.393. The van der Waals surface area contributed by atoms with Gasteiger partial charge in [-0.2, -0.15) is 5.10 Å². The van der Waals surface area contributed by atoms with E-state index in [4.69, 9.17) is 4.98 Å². The molecular formula is C28H32N10. The fourth-order valence-corrected chi connectivity index (χ4v) is 5.88. The molecule has 8 rings (SSSR count). The molecule has 0 radical (unpaired) electrons. The second-order valence-corrected chi connectivity index (χ2v) is 10.7. The van der Waals surface area contributed by atoms with Crippen LogP contribution in [0.25, 0.3) is 22.6 Å². The molecule has 3 aliphatic heterocycles. The van der Waals surface area contributed by atoms with Crippen LogP contribution in [0.15, 0.2) is 61.4 Å². The van der Waals surface area contributed by atoms with E-state index in [-0.39, 0.29) is 0 Å². The highest BCUT2D eigenvalue weighted by atomic mass is 15.4. The van der Waals surface area contributed by atoms with E-state index in [1.165, 1.54) is 37.9 Å². The monoisotopic (exact) mass is 508 g/mol. The third kappa shape index (κ3) is 4.72. The van der Waals surface area contributed by atoms with Crippen LogP contribution in [0.1, 0.15) is 36.2 Å². The molecule has 1 unspecified atom stereocenters. The quantitative estimate of drug-likeness (QED) is 0.344. The van der Waals surface area contributed by atoms with Gasteiger partial charge in [-0.1, -0.05) is 11.3 Å². The van der Waals surface area contributed by atoms with Crippen LogP contribution in [0.3, 0.4) is 0 Å². The van der Waals surface area contributed by atoms with Gasteiger partial charge >= 0.3 is 0 Å². The number of pyridine rings is 2. The molecule has 0 saturated carbocycles. The number of aromatic nitrogens is 8. The van der Waals surface area contributed by atoms with E-state index >= 15 is 0 Å². The number of aryl methyl sites for hydroxylation is 1. The van der Waals surface area contributed by atoms with Crippen LogP contribution in [-0.4, -0.2) is 69.7 Å². The van der Waals surface area contributed by atoms with Crippen LogP contribution >= 0.6 is 0 Å². The van der Waals surface area contributed by atoms with Crippen LogP contribution in [-0.2, 0) is 13.1 Å². The lowest BCUT2D eigenvalue weighted by Gasteiger charge is -2.45. The summed E-state index contributed by atoms with van der Waals surface area (Å²) in [7, 11) is 0. The predicted molar refractivity (Wildman–Crippen MR) is 144 cm³/mol. The Morgan fingerprint density at radius 1 is 1.05 bits per heavy atom. The molecule has 2 bridgehead atoms. The third-order valence-electron chi connectivity index (χ3n) is 7.91. The third-order valence-corrected chi connectivity index (χ3v) is 7.91. The Bertz CT molecular complexity index is 1550. The molecule has 38 heavy (non-hydrogen) atoms. The molecule has 0 aliphatic carbocycles. The summed E-state index contributed by atoms with van der Waals surface area (Å²) in [5.74, 6) is 0.946. The standard InChI is InChI=1S/C28H32N10/c1-20-4-9-38(33-20)26-11-23(13-30-15-26)27-19-37(34-32-27)18-24-17-36-16-22(2-3-28(36)31-24)12-29-14-25-10-21-5-7-35(25)8-6-21/h2-4,9,11,13,15-17,19,21,25,29H,5-8,10,12,14,18H2,1H3. The largest absolute Gasteiger partial charge is 0.311 e. The highest BCUT2D eigenvalue weighted by Crippen LogP contribution is 2.31. The topological polar surface area (TPSA) is 94.0 Å². The molecule has 3 fully saturated rings. The van der Waals surface area contributed by atoms with E-state index in [0.717, 1.165) is 53.0 Å². The first kappa shape index (κ1) is 23.2. The minimum Gasteiger partial charge on any atom is -0.311 e. The van der Waals surface area contributed by atoms with Crippen LogP contribution in [0.2, 0.25) is 0 Å². The molecule has 1 N–H and O–H groups in total. The summed E-state index contributed by atoms with van der Waals surface area (Å²) in [5.41, 5.74) is 6.65. The lowest BCUT2D eigenvalue weighted by atomic mass is 9.83. The number of nitrogens with zero attached hydrogens (tertiary/aromatic N) is 9. The highest BCUT2D eigenvalue weighted by molar-refractivity contribution is 5.59. The maximum Gasteiger partial charge on any atom is 0.137 e. The molecule has 10 nitrogen and oxygen atoms in total. The van der Waals surface area contributed by atoms with Crippen LogP contribution in [0, 0.1) is 12.8 Å². The van der Waals surface area contributed by atoms with Crippen molar-refractivity contribution in [2.75, 3.05) is 19.6 Å². The van der Waals surface area contributed by atoms with Gasteiger partial charge in [-0.3, -0.25) is 9.88 Å². The summed E-state index contributed by atoms with van der Waals surface area (Å²) in [6.45, 7) is 7.02. The van der Waals surface area contributed by atoms with Gasteiger partial charge in [0.25, 0.3) is 0 Å². The molecule has 0 aromatic carbocycles. The predicted octanol–water partition coefficient (Wildman–Crippen LogP) is 3.10. The van der Waals surface area contributed by atoms with E-state index < -0.39 is 0 Å². The number of hydrogen-bond donors (Lipinski definition) is 1. The van der Waals surface area contributed by atoms with Crippen molar-refractivity contribution in [3.8, 4) is 16.9 Å². The Labute approximate surface area is 221 Å². The van der Waals surface area contributed by atoms with Crippen molar-refractivity contribution in [3.63, 3.8) is 0 Å². The Hall–Kier alpha value is -3.89. The zero-order valence-corrected chi connectivity index (χ0v) is 21.6. The molecule has 5 aromatic heterocycles.